The van der Waals surface area contributed by atoms with E-state index in [0.29, 0.717) is 0 Å². The largest absolute Gasteiger partial charge is 0.310 e. The first-order valence-electron chi connectivity index (χ1n) is 25.5. The summed E-state index contributed by atoms with van der Waals surface area (Å²) in [4.78, 5) is 2.52. The maximum Gasteiger partial charge on any atom is 0.0713 e. The lowest BCUT2D eigenvalue weighted by molar-refractivity contribution is 0.353. The number of hydrogen-bond acceptors (Lipinski definition) is 1. The molecule has 1 heteroatoms. The quantitative estimate of drug-likeness (QED) is 0.131. The van der Waals surface area contributed by atoms with Crippen molar-refractivity contribution in [2.45, 2.75) is 75.0 Å². The van der Waals surface area contributed by atoms with Crippen molar-refractivity contribution < 1.29 is 0 Å². The van der Waals surface area contributed by atoms with Crippen LogP contribution in [0.5, 0.6) is 0 Å². The highest BCUT2D eigenvalue weighted by Crippen LogP contribution is 2.60. The van der Waals surface area contributed by atoms with Crippen molar-refractivity contribution in [3.63, 3.8) is 0 Å². The molecule has 69 heavy (non-hydrogen) atoms. The third-order valence-corrected chi connectivity index (χ3v) is 17.0. The molecule has 1 saturated carbocycles. The van der Waals surface area contributed by atoms with Crippen LogP contribution in [0, 0.1) is 0 Å². The molecule has 0 aliphatic heterocycles. The van der Waals surface area contributed by atoms with Crippen LogP contribution in [-0.4, -0.2) is 0 Å². The molecule has 13 rings (SSSR count). The van der Waals surface area contributed by atoms with E-state index in [4.69, 9.17) is 0 Å². The number of fused-ring (bicyclic) bond motifs is 11. The van der Waals surface area contributed by atoms with Crippen molar-refractivity contribution in [1.29, 1.82) is 0 Å². The van der Waals surface area contributed by atoms with Gasteiger partial charge in [0.1, 0.15) is 0 Å². The number of rotatable bonds is 9. The minimum Gasteiger partial charge on any atom is -0.310 e. The molecule has 1 nitrogen and oxygen atoms in total. The normalized spacial score (nSPS) is 16.1. The van der Waals surface area contributed by atoms with E-state index in [-0.39, 0.29) is 10.8 Å². The summed E-state index contributed by atoms with van der Waals surface area (Å²) in [7, 11) is 0. The zero-order valence-electron chi connectivity index (χ0n) is 39.8. The van der Waals surface area contributed by atoms with E-state index in [2.05, 4.69) is 243 Å². The van der Waals surface area contributed by atoms with Gasteiger partial charge in [-0.15, -0.1) is 0 Å². The average Bonchev–Trinajstić information content (AvgIpc) is 3.98. The van der Waals surface area contributed by atoms with Gasteiger partial charge in [0.2, 0.25) is 0 Å². The first-order chi connectivity index (χ1) is 34.1. The number of hydrogen-bond donors (Lipinski definition) is 0. The Morgan fingerprint density at radius 2 is 0.913 bits per heavy atom. The predicted octanol–water partition coefficient (Wildman–Crippen LogP) is 18.0. The topological polar surface area (TPSA) is 3.24 Å². The second-order valence-electron chi connectivity index (χ2n) is 20.0. The summed E-state index contributed by atoms with van der Waals surface area (Å²) < 4.78 is 0. The summed E-state index contributed by atoms with van der Waals surface area (Å²) >= 11 is 0. The van der Waals surface area contributed by atoms with Crippen LogP contribution in [0.4, 0.5) is 17.1 Å². The fraction of sp³-hybridized carbons (Fsp3) is 0.176. The Morgan fingerprint density at radius 1 is 0.391 bits per heavy atom. The van der Waals surface area contributed by atoms with Gasteiger partial charge in [-0.3, -0.25) is 0 Å². The number of para-hydroxylation sites is 1. The Morgan fingerprint density at radius 3 is 1.58 bits per heavy atom. The van der Waals surface area contributed by atoms with Crippen LogP contribution < -0.4 is 4.90 Å². The molecule has 0 radical (unpaired) electrons. The summed E-state index contributed by atoms with van der Waals surface area (Å²) in [6.07, 6.45) is 13.1. The summed E-state index contributed by atoms with van der Waals surface area (Å²) in [5.74, 6) is 0. The average molecular weight is 888 g/mol. The SMILES string of the molecule is CCC1(CC)c2cc(/C=C/c3cccc4c3-c3ccccc3C4(c3ccccc3)c3ccccc3)ccc2-c2ccc(N(c3ccccc3)c3ccc4c(c3)C3(CCCCC3)c3ccccc3-4)cc21. The van der Waals surface area contributed by atoms with Gasteiger partial charge in [0.05, 0.1) is 5.41 Å². The Hall–Kier alpha value is -7.48. The van der Waals surface area contributed by atoms with E-state index in [0.717, 1.165) is 12.8 Å². The Bertz CT molecular complexity index is 3400. The molecule has 0 aromatic heterocycles. The van der Waals surface area contributed by atoms with Crippen molar-refractivity contribution in [3.05, 3.63) is 268 Å². The highest BCUT2D eigenvalue weighted by molar-refractivity contribution is 5.94. The molecule has 9 aromatic rings. The third-order valence-electron chi connectivity index (χ3n) is 17.0. The molecule has 0 unspecified atom stereocenters. The highest BCUT2D eigenvalue weighted by Gasteiger charge is 2.47. The van der Waals surface area contributed by atoms with Crippen molar-refractivity contribution >= 4 is 29.2 Å². The molecule has 0 amide bonds. The molecule has 0 heterocycles. The minimum absolute atomic E-state index is 0.0911. The van der Waals surface area contributed by atoms with Crippen LogP contribution >= 0.6 is 0 Å². The van der Waals surface area contributed by atoms with E-state index >= 15 is 0 Å². The predicted molar refractivity (Wildman–Crippen MR) is 290 cm³/mol. The second kappa shape index (κ2) is 16.3. The third kappa shape index (κ3) is 6.09. The van der Waals surface area contributed by atoms with Crippen LogP contribution in [0.25, 0.3) is 45.5 Å². The van der Waals surface area contributed by atoms with Crippen molar-refractivity contribution in [3.8, 4) is 33.4 Å². The standard InChI is InChI=1S/C68H57N/c1-3-66(4-2)62-44-47(34-36-48-22-21-33-61-65(48)58-30-16-18-32-60(58)68(61,49-23-9-5-10-24-49)50-25-11-6-12-26-50)35-39-55(62)57-41-38-52(45-63(57)66)69(51-27-13-7-14-28-51)53-37-40-56-54-29-15-17-31-59(54)67(64(56)46-53)42-19-8-20-43-67/h5-7,9-18,21-41,44-46H,3-4,8,19-20,42-43H2,1-2H3/b36-34+. The first kappa shape index (κ1) is 41.7. The fourth-order valence-electron chi connectivity index (χ4n) is 13.9. The van der Waals surface area contributed by atoms with Crippen LogP contribution in [-0.2, 0) is 16.2 Å². The lowest BCUT2D eigenvalue weighted by Gasteiger charge is -2.37. The van der Waals surface area contributed by atoms with E-state index in [9.17, 15) is 0 Å². The van der Waals surface area contributed by atoms with Crippen molar-refractivity contribution in [1.82, 2.24) is 0 Å². The van der Waals surface area contributed by atoms with Crippen LogP contribution in [0.2, 0.25) is 0 Å². The molecular formula is C68H57N. The summed E-state index contributed by atoms with van der Waals surface area (Å²) in [5, 5.41) is 0. The lowest BCUT2D eigenvalue weighted by atomic mass is 9.67. The summed E-state index contributed by atoms with van der Waals surface area (Å²) in [6.45, 7) is 4.79. The van der Waals surface area contributed by atoms with Gasteiger partial charge in [0.15, 0.2) is 0 Å². The van der Waals surface area contributed by atoms with Gasteiger partial charge in [-0.25, -0.2) is 0 Å². The van der Waals surface area contributed by atoms with E-state index < -0.39 is 5.41 Å². The molecule has 9 aromatic carbocycles. The van der Waals surface area contributed by atoms with Crippen molar-refractivity contribution in [2.75, 3.05) is 4.90 Å². The van der Waals surface area contributed by atoms with Crippen LogP contribution in [0.15, 0.2) is 212 Å². The zero-order valence-corrected chi connectivity index (χ0v) is 39.8. The first-order valence-corrected chi connectivity index (χ1v) is 25.5. The van der Waals surface area contributed by atoms with Crippen LogP contribution in [0.1, 0.15) is 114 Å². The summed E-state index contributed by atoms with van der Waals surface area (Å²) in [5.41, 5.74) is 25.1. The molecular weight excluding hydrogens is 831 g/mol. The maximum atomic E-state index is 2.56. The van der Waals surface area contributed by atoms with E-state index in [1.54, 1.807) is 0 Å². The fourth-order valence-corrected chi connectivity index (χ4v) is 13.9. The zero-order chi connectivity index (χ0) is 46.2. The Labute approximate surface area is 408 Å². The van der Waals surface area contributed by atoms with E-state index in [1.165, 1.54) is 138 Å². The van der Waals surface area contributed by atoms with Crippen LogP contribution in [0.3, 0.4) is 0 Å². The highest BCUT2D eigenvalue weighted by atomic mass is 15.1. The van der Waals surface area contributed by atoms with Gasteiger partial charge in [-0.2, -0.15) is 0 Å². The molecule has 0 bridgehead atoms. The Kier molecular flexibility index (Phi) is 9.88. The van der Waals surface area contributed by atoms with Gasteiger partial charge in [0.25, 0.3) is 0 Å². The maximum absolute atomic E-state index is 2.56. The molecule has 4 aliphatic rings. The molecule has 0 N–H and O–H groups in total. The van der Waals surface area contributed by atoms with Crippen molar-refractivity contribution in [2.24, 2.45) is 0 Å². The second-order valence-corrected chi connectivity index (χ2v) is 20.0. The smallest absolute Gasteiger partial charge is 0.0713 e. The van der Waals surface area contributed by atoms with Gasteiger partial charge >= 0.3 is 0 Å². The van der Waals surface area contributed by atoms with Gasteiger partial charge in [0, 0.05) is 27.9 Å². The van der Waals surface area contributed by atoms with Gasteiger partial charge in [-0.1, -0.05) is 221 Å². The van der Waals surface area contributed by atoms with Gasteiger partial charge in [-0.05, 0) is 151 Å². The Balaban J connectivity index is 0.898. The number of nitrogens with zero attached hydrogens (tertiary/aromatic N) is 1. The molecule has 1 fully saturated rings. The molecule has 0 atom stereocenters. The molecule has 0 saturated heterocycles. The summed E-state index contributed by atoms with van der Waals surface area (Å²) in [6, 6.07) is 80.4. The molecule has 4 aliphatic carbocycles. The number of benzene rings is 9. The van der Waals surface area contributed by atoms with E-state index in [1.807, 2.05) is 0 Å². The minimum atomic E-state index is -0.418. The molecule has 1 spiro atoms. The lowest BCUT2D eigenvalue weighted by Crippen LogP contribution is -2.28. The molecule has 334 valence electrons. The number of anilines is 3. The van der Waals surface area contributed by atoms with Gasteiger partial charge < -0.3 is 4.90 Å². The monoisotopic (exact) mass is 887 g/mol.